The van der Waals surface area contributed by atoms with E-state index in [0.717, 1.165) is 31.2 Å². The van der Waals surface area contributed by atoms with E-state index < -0.39 is 17.5 Å². The number of ether oxygens (including phenoxy) is 1. The second kappa shape index (κ2) is 13.6. The van der Waals surface area contributed by atoms with Gasteiger partial charge in [0.25, 0.3) is 0 Å². The smallest absolute Gasteiger partial charge is 0.306 e. The standard InChI is InChI=1S/C26H36N2O5/c1-3-5-14-24(31)33-18-22(20-12-7-6-8-13-20)27-25(32)21(11-4-2)17-23(30)28-26(19-29)15-9-10-16-26/h3-4,6-8,12-13,21-22,29H,1-2,5,9-11,14-19H2,(H,27,32)(H,28,30)/t21-,22+/m1/s1. The largest absolute Gasteiger partial charge is 0.463 e. The third-order valence-corrected chi connectivity index (χ3v) is 6.00. The molecule has 0 unspecified atom stereocenters. The van der Waals surface area contributed by atoms with Crippen LogP contribution in [0, 0.1) is 5.92 Å². The lowest BCUT2D eigenvalue weighted by Gasteiger charge is -2.29. The quantitative estimate of drug-likeness (QED) is 0.294. The predicted molar refractivity (Wildman–Crippen MR) is 127 cm³/mol. The SMILES string of the molecule is C=CCCC(=O)OC[C@H](NC(=O)[C@H](CC=C)CC(=O)NC1(CO)CCCC1)c1ccccc1. The Kier molecular flexibility index (Phi) is 10.8. The fraction of sp³-hybridized carbons (Fsp3) is 0.500. The number of hydrogen-bond donors (Lipinski definition) is 3. The average molecular weight is 457 g/mol. The number of carbonyl (C=O) groups is 3. The topological polar surface area (TPSA) is 105 Å². The normalized spacial score (nSPS) is 16.3. The Morgan fingerprint density at radius 1 is 1.12 bits per heavy atom. The van der Waals surface area contributed by atoms with Crippen LogP contribution in [0.3, 0.4) is 0 Å². The van der Waals surface area contributed by atoms with Crippen molar-refractivity contribution in [2.24, 2.45) is 5.92 Å². The van der Waals surface area contributed by atoms with Gasteiger partial charge in [0, 0.05) is 12.8 Å². The van der Waals surface area contributed by atoms with Gasteiger partial charge in [0.05, 0.1) is 24.1 Å². The van der Waals surface area contributed by atoms with E-state index in [4.69, 9.17) is 4.74 Å². The van der Waals surface area contributed by atoms with E-state index in [9.17, 15) is 19.5 Å². The molecular formula is C26H36N2O5. The number of benzene rings is 1. The summed E-state index contributed by atoms with van der Waals surface area (Å²) in [5.41, 5.74) is 0.216. The van der Waals surface area contributed by atoms with Crippen molar-refractivity contribution in [3.63, 3.8) is 0 Å². The first kappa shape index (κ1) is 26.3. The van der Waals surface area contributed by atoms with Gasteiger partial charge >= 0.3 is 5.97 Å². The Labute approximate surface area is 196 Å². The minimum absolute atomic E-state index is 0.00758. The van der Waals surface area contributed by atoms with Crippen LogP contribution >= 0.6 is 0 Å². The Morgan fingerprint density at radius 2 is 1.82 bits per heavy atom. The molecule has 2 atom stereocenters. The molecule has 7 heteroatoms. The van der Waals surface area contributed by atoms with E-state index >= 15 is 0 Å². The van der Waals surface area contributed by atoms with Crippen LogP contribution in [-0.4, -0.2) is 41.6 Å². The van der Waals surface area contributed by atoms with Crippen LogP contribution in [0.5, 0.6) is 0 Å². The van der Waals surface area contributed by atoms with Crippen LogP contribution in [0.1, 0.15) is 63.0 Å². The summed E-state index contributed by atoms with van der Waals surface area (Å²) in [6.07, 6.45) is 7.71. The molecule has 0 aromatic heterocycles. The van der Waals surface area contributed by atoms with E-state index in [1.165, 1.54) is 0 Å². The van der Waals surface area contributed by atoms with E-state index in [-0.39, 0.29) is 43.8 Å². The molecule has 1 fully saturated rings. The monoisotopic (exact) mass is 456 g/mol. The third-order valence-electron chi connectivity index (χ3n) is 6.00. The van der Waals surface area contributed by atoms with Gasteiger partial charge in [-0.2, -0.15) is 0 Å². The second-order valence-electron chi connectivity index (χ2n) is 8.60. The number of carbonyl (C=O) groups excluding carboxylic acids is 3. The number of esters is 1. The number of nitrogens with one attached hydrogen (secondary N) is 2. The average Bonchev–Trinajstić information content (AvgIpc) is 3.29. The molecule has 0 aliphatic heterocycles. The second-order valence-corrected chi connectivity index (χ2v) is 8.60. The molecule has 0 saturated heterocycles. The molecule has 180 valence electrons. The maximum Gasteiger partial charge on any atom is 0.306 e. The summed E-state index contributed by atoms with van der Waals surface area (Å²) in [4.78, 5) is 37.8. The van der Waals surface area contributed by atoms with Gasteiger partial charge in [-0.15, -0.1) is 13.2 Å². The van der Waals surface area contributed by atoms with Gasteiger partial charge in [-0.25, -0.2) is 0 Å². The molecule has 3 N–H and O–H groups in total. The lowest BCUT2D eigenvalue weighted by atomic mass is 9.95. The van der Waals surface area contributed by atoms with Gasteiger partial charge in [-0.05, 0) is 31.2 Å². The van der Waals surface area contributed by atoms with Crippen molar-refractivity contribution in [3.8, 4) is 0 Å². The predicted octanol–water partition coefficient (Wildman–Crippen LogP) is 3.36. The van der Waals surface area contributed by atoms with Gasteiger partial charge in [0.15, 0.2) is 0 Å². The van der Waals surface area contributed by atoms with E-state index in [1.54, 1.807) is 12.2 Å². The molecule has 0 heterocycles. The van der Waals surface area contributed by atoms with E-state index in [0.29, 0.717) is 12.8 Å². The summed E-state index contributed by atoms with van der Waals surface area (Å²) >= 11 is 0. The van der Waals surface area contributed by atoms with E-state index in [1.807, 2.05) is 30.3 Å². The van der Waals surface area contributed by atoms with Crippen molar-refractivity contribution < 1.29 is 24.2 Å². The minimum Gasteiger partial charge on any atom is -0.463 e. The van der Waals surface area contributed by atoms with Crippen molar-refractivity contribution in [2.75, 3.05) is 13.2 Å². The Bertz CT molecular complexity index is 802. The number of rotatable bonds is 14. The highest BCUT2D eigenvalue weighted by atomic mass is 16.5. The van der Waals surface area contributed by atoms with Crippen molar-refractivity contribution in [1.29, 1.82) is 0 Å². The molecule has 1 aromatic carbocycles. The maximum absolute atomic E-state index is 13.1. The van der Waals surface area contributed by atoms with Crippen molar-refractivity contribution in [2.45, 2.75) is 62.9 Å². The number of aliphatic hydroxyl groups is 1. The zero-order valence-electron chi connectivity index (χ0n) is 19.3. The van der Waals surface area contributed by atoms with Gasteiger partial charge in [0.1, 0.15) is 6.61 Å². The fourth-order valence-electron chi connectivity index (χ4n) is 4.09. The molecule has 0 bridgehead atoms. The number of hydrogen-bond acceptors (Lipinski definition) is 5. The van der Waals surface area contributed by atoms with Gasteiger partial charge < -0.3 is 20.5 Å². The molecule has 33 heavy (non-hydrogen) atoms. The van der Waals surface area contributed by atoms with Gasteiger partial charge in [0.2, 0.25) is 11.8 Å². The van der Waals surface area contributed by atoms with Crippen LogP contribution in [0.2, 0.25) is 0 Å². The molecule has 1 aliphatic carbocycles. The Morgan fingerprint density at radius 3 is 2.42 bits per heavy atom. The summed E-state index contributed by atoms with van der Waals surface area (Å²) in [5.74, 6) is -1.56. The zero-order valence-corrected chi connectivity index (χ0v) is 19.3. The molecule has 1 aliphatic rings. The molecule has 0 spiro atoms. The first-order valence-electron chi connectivity index (χ1n) is 11.6. The molecule has 1 saturated carbocycles. The highest BCUT2D eigenvalue weighted by Crippen LogP contribution is 2.29. The van der Waals surface area contributed by atoms with Gasteiger partial charge in [-0.1, -0.05) is 55.3 Å². The molecule has 2 rings (SSSR count). The fourth-order valence-corrected chi connectivity index (χ4v) is 4.09. The van der Waals surface area contributed by atoms with Crippen molar-refractivity contribution in [3.05, 3.63) is 61.2 Å². The molecular weight excluding hydrogens is 420 g/mol. The Balaban J connectivity index is 2.04. The zero-order chi connectivity index (χ0) is 24.1. The van der Waals surface area contributed by atoms with Gasteiger partial charge in [-0.3, -0.25) is 14.4 Å². The first-order chi connectivity index (χ1) is 15.9. The summed E-state index contributed by atoms with van der Waals surface area (Å²) in [6.45, 7) is 7.20. The lowest BCUT2D eigenvalue weighted by Crippen LogP contribution is -2.50. The highest BCUT2D eigenvalue weighted by molar-refractivity contribution is 5.86. The van der Waals surface area contributed by atoms with Crippen molar-refractivity contribution >= 4 is 17.8 Å². The third kappa shape index (κ3) is 8.50. The number of amides is 2. The summed E-state index contributed by atoms with van der Waals surface area (Å²) in [5, 5.41) is 15.6. The minimum atomic E-state index is -0.623. The van der Waals surface area contributed by atoms with Crippen LogP contribution in [0.4, 0.5) is 0 Å². The van der Waals surface area contributed by atoms with Crippen LogP contribution in [0.15, 0.2) is 55.6 Å². The molecule has 7 nitrogen and oxygen atoms in total. The van der Waals surface area contributed by atoms with Crippen LogP contribution in [-0.2, 0) is 19.1 Å². The molecule has 1 aromatic rings. The van der Waals surface area contributed by atoms with Crippen LogP contribution in [0.25, 0.3) is 0 Å². The molecule has 2 amide bonds. The summed E-state index contributed by atoms with van der Waals surface area (Å²) < 4.78 is 5.37. The van der Waals surface area contributed by atoms with E-state index in [2.05, 4.69) is 23.8 Å². The summed E-state index contributed by atoms with van der Waals surface area (Å²) in [7, 11) is 0. The number of allylic oxidation sites excluding steroid dienone is 2. The summed E-state index contributed by atoms with van der Waals surface area (Å²) in [6, 6.07) is 8.71. The highest BCUT2D eigenvalue weighted by Gasteiger charge is 2.35. The van der Waals surface area contributed by atoms with Crippen molar-refractivity contribution in [1.82, 2.24) is 10.6 Å². The van der Waals surface area contributed by atoms with Crippen LogP contribution < -0.4 is 10.6 Å². The first-order valence-corrected chi connectivity index (χ1v) is 11.6. The lowest BCUT2D eigenvalue weighted by molar-refractivity contribution is -0.145. The number of aliphatic hydroxyl groups excluding tert-OH is 1. The molecule has 0 radical (unpaired) electrons. The maximum atomic E-state index is 13.1. The Hall–Kier alpha value is -2.93.